The summed E-state index contributed by atoms with van der Waals surface area (Å²) < 4.78 is 0. The first-order chi connectivity index (χ1) is 5.09. The van der Waals surface area contributed by atoms with E-state index in [0.717, 1.165) is 18.4 Å². The van der Waals surface area contributed by atoms with E-state index in [1.807, 2.05) is 6.92 Å². The molecule has 0 heterocycles. The highest BCUT2D eigenvalue weighted by atomic mass is 16.3. The van der Waals surface area contributed by atoms with E-state index in [1.165, 1.54) is 5.57 Å². The van der Waals surface area contributed by atoms with Crippen LogP contribution in [-0.4, -0.2) is 11.2 Å². The summed E-state index contributed by atoms with van der Waals surface area (Å²) in [4.78, 5) is 0. The van der Waals surface area contributed by atoms with Crippen LogP contribution in [0.4, 0.5) is 0 Å². The highest BCUT2D eigenvalue weighted by molar-refractivity contribution is 5.16. The van der Waals surface area contributed by atoms with E-state index < -0.39 is 0 Å². The molecule has 0 aromatic rings. The fourth-order valence-corrected chi connectivity index (χ4v) is 1.57. The Bertz CT molecular complexity index is 191. The van der Waals surface area contributed by atoms with Crippen molar-refractivity contribution in [1.82, 2.24) is 0 Å². The third-order valence-corrected chi connectivity index (χ3v) is 2.20. The molecule has 0 spiro atoms. The first-order valence-corrected chi connectivity index (χ1v) is 4.10. The Kier molecular flexibility index (Phi) is 2.50. The molecule has 0 aromatic heterocycles. The molecular formula is C10H16O. The average Bonchev–Trinajstić information content (AvgIpc) is 1.85. The molecule has 0 aromatic carbocycles. The summed E-state index contributed by atoms with van der Waals surface area (Å²) in [6, 6.07) is 0. The first kappa shape index (κ1) is 8.54. The summed E-state index contributed by atoms with van der Waals surface area (Å²) in [5.74, 6) is 0.402. The van der Waals surface area contributed by atoms with Crippen LogP contribution < -0.4 is 0 Å². The minimum Gasteiger partial charge on any atom is -0.393 e. The Morgan fingerprint density at radius 1 is 1.73 bits per heavy atom. The predicted molar refractivity (Wildman–Crippen MR) is 47.3 cm³/mol. The molecular weight excluding hydrogens is 136 g/mol. The lowest BCUT2D eigenvalue weighted by Gasteiger charge is -2.23. The quantitative estimate of drug-likeness (QED) is 0.571. The molecule has 0 saturated heterocycles. The third-order valence-electron chi connectivity index (χ3n) is 2.20. The number of hydrogen-bond donors (Lipinski definition) is 1. The smallest absolute Gasteiger partial charge is 0.0585 e. The number of aliphatic hydroxyl groups excluding tert-OH is 1. The molecule has 1 aliphatic carbocycles. The average molecular weight is 152 g/mol. The molecule has 0 bridgehead atoms. The van der Waals surface area contributed by atoms with Crippen LogP contribution in [0.1, 0.15) is 26.7 Å². The Morgan fingerprint density at radius 3 is 2.82 bits per heavy atom. The molecule has 11 heavy (non-hydrogen) atoms. The summed E-state index contributed by atoms with van der Waals surface area (Å²) in [5, 5.41) is 9.42. The zero-order valence-corrected chi connectivity index (χ0v) is 7.30. The predicted octanol–water partition coefficient (Wildman–Crippen LogP) is 2.28. The van der Waals surface area contributed by atoms with Crippen LogP contribution in [0.2, 0.25) is 0 Å². The zero-order chi connectivity index (χ0) is 8.43. The molecule has 0 amide bonds. The minimum absolute atomic E-state index is 0.151. The van der Waals surface area contributed by atoms with E-state index in [4.69, 9.17) is 0 Å². The van der Waals surface area contributed by atoms with Crippen LogP contribution in [-0.2, 0) is 0 Å². The van der Waals surface area contributed by atoms with Crippen LogP contribution in [0.3, 0.4) is 0 Å². The maximum absolute atomic E-state index is 9.42. The molecule has 62 valence electrons. The summed E-state index contributed by atoms with van der Waals surface area (Å²) in [6.07, 6.45) is 3.76. The standard InChI is InChI=1S/C10H16O/c1-7(2)9-4-8(3)5-10(11)6-9/h4,9-11H,1,5-6H2,2-3H3. The van der Waals surface area contributed by atoms with Gasteiger partial charge in [-0.25, -0.2) is 0 Å². The van der Waals surface area contributed by atoms with Crippen molar-refractivity contribution in [3.63, 3.8) is 0 Å². The van der Waals surface area contributed by atoms with Gasteiger partial charge in [0.15, 0.2) is 0 Å². The Hall–Kier alpha value is -0.560. The van der Waals surface area contributed by atoms with Crippen LogP contribution in [0.5, 0.6) is 0 Å². The maximum atomic E-state index is 9.42. The molecule has 1 N–H and O–H groups in total. The lowest BCUT2D eigenvalue weighted by molar-refractivity contribution is 0.148. The van der Waals surface area contributed by atoms with Crippen molar-refractivity contribution in [2.24, 2.45) is 5.92 Å². The summed E-state index contributed by atoms with van der Waals surface area (Å²) in [7, 11) is 0. The molecule has 1 heteroatoms. The molecule has 0 aliphatic heterocycles. The van der Waals surface area contributed by atoms with Gasteiger partial charge in [0.25, 0.3) is 0 Å². The Labute approximate surface area is 68.4 Å². The SMILES string of the molecule is C=C(C)C1C=C(C)CC(O)C1. The number of hydrogen-bond acceptors (Lipinski definition) is 1. The van der Waals surface area contributed by atoms with Gasteiger partial charge in [0.2, 0.25) is 0 Å². The van der Waals surface area contributed by atoms with Gasteiger partial charge in [-0.3, -0.25) is 0 Å². The van der Waals surface area contributed by atoms with Gasteiger partial charge in [0.1, 0.15) is 0 Å². The van der Waals surface area contributed by atoms with Gasteiger partial charge in [-0.1, -0.05) is 23.8 Å². The van der Waals surface area contributed by atoms with Gasteiger partial charge in [-0.15, -0.1) is 0 Å². The van der Waals surface area contributed by atoms with Gasteiger partial charge in [0.05, 0.1) is 6.10 Å². The summed E-state index contributed by atoms with van der Waals surface area (Å²) in [5.41, 5.74) is 2.44. The van der Waals surface area contributed by atoms with Crippen LogP contribution >= 0.6 is 0 Å². The lowest BCUT2D eigenvalue weighted by Crippen LogP contribution is -2.18. The fraction of sp³-hybridized carbons (Fsp3) is 0.600. The van der Waals surface area contributed by atoms with Crippen LogP contribution in [0.25, 0.3) is 0 Å². The second-order valence-corrected chi connectivity index (χ2v) is 3.56. The van der Waals surface area contributed by atoms with Crippen LogP contribution in [0, 0.1) is 5.92 Å². The number of allylic oxidation sites excluding steroid dienone is 2. The molecule has 0 saturated carbocycles. The van der Waals surface area contributed by atoms with Crippen molar-refractivity contribution in [1.29, 1.82) is 0 Å². The molecule has 0 fully saturated rings. The van der Waals surface area contributed by atoms with Crippen LogP contribution in [0.15, 0.2) is 23.8 Å². The molecule has 1 rings (SSSR count). The van der Waals surface area contributed by atoms with Crippen molar-refractivity contribution in [3.8, 4) is 0 Å². The maximum Gasteiger partial charge on any atom is 0.0585 e. The van der Waals surface area contributed by atoms with Crippen molar-refractivity contribution in [2.45, 2.75) is 32.8 Å². The van der Waals surface area contributed by atoms with E-state index >= 15 is 0 Å². The lowest BCUT2D eigenvalue weighted by atomic mass is 9.85. The third kappa shape index (κ3) is 2.19. The summed E-state index contributed by atoms with van der Waals surface area (Å²) >= 11 is 0. The first-order valence-electron chi connectivity index (χ1n) is 4.10. The van der Waals surface area contributed by atoms with E-state index in [1.54, 1.807) is 0 Å². The van der Waals surface area contributed by atoms with Gasteiger partial charge >= 0.3 is 0 Å². The van der Waals surface area contributed by atoms with E-state index in [9.17, 15) is 5.11 Å². The fourth-order valence-electron chi connectivity index (χ4n) is 1.57. The second kappa shape index (κ2) is 3.22. The van der Waals surface area contributed by atoms with E-state index in [-0.39, 0.29) is 6.10 Å². The van der Waals surface area contributed by atoms with Gasteiger partial charge in [-0.05, 0) is 32.6 Å². The van der Waals surface area contributed by atoms with Crippen molar-refractivity contribution >= 4 is 0 Å². The van der Waals surface area contributed by atoms with Crippen molar-refractivity contribution in [2.75, 3.05) is 0 Å². The van der Waals surface area contributed by atoms with Gasteiger partial charge in [-0.2, -0.15) is 0 Å². The Balaban J connectivity index is 2.69. The monoisotopic (exact) mass is 152 g/mol. The molecule has 2 atom stereocenters. The van der Waals surface area contributed by atoms with E-state index in [2.05, 4.69) is 19.6 Å². The minimum atomic E-state index is -0.151. The van der Waals surface area contributed by atoms with Crippen molar-refractivity contribution in [3.05, 3.63) is 23.8 Å². The number of aliphatic hydroxyl groups is 1. The molecule has 1 aliphatic rings. The number of rotatable bonds is 1. The van der Waals surface area contributed by atoms with E-state index in [0.29, 0.717) is 5.92 Å². The second-order valence-electron chi connectivity index (χ2n) is 3.56. The molecule has 2 unspecified atom stereocenters. The summed E-state index contributed by atoms with van der Waals surface area (Å²) in [6.45, 7) is 7.98. The topological polar surface area (TPSA) is 20.2 Å². The molecule has 0 radical (unpaired) electrons. The van der Waals surface area contributed by atoms with Gasteiger partial charge in [0, 0.05) is 0 Å². The molecule has 1 nitrogen and oxygen atoms in total. The zero-order valence-electron chi connectivity index (χ0n) is 7.30. The van der Waals surface area contributed by atoms with Gasteiger partial charge < -0.3 is 5.11 Å². The highest BCUT2D eigenvalue weighted by Crippen LogP contribution is 2.27. The largest absolute Gasteiger partial charge is 0.393 e. The normalized spacial score (nSPS) is 31.4. The highest BCUT2D eigenvalue weighted by Gasteiger charge is 2.18. The van der Waals surface area contributed by atoms with Crippen molar-refractivity contribution < 1.29 is 5.11 Å². The Morgan fingerprint density at radius 2 is 2.36 bits per heavy atom.